The topological polar surface area (TPSA) is 61.0 Å². The van der Waals surface area contributed by atoms with Crippen LogP contribution < -0.4 is 3.58 Å². The van der Waals surface area contributed by atoms with Crippen molar-refractivity contribution >= 4 is 27.8 Å². The van der Waals surface area contributed by atoms with E-state index in [9.17, 15) is 10.1 Å². The van der Waals surface area contributed by atoms with Crippen LogP contribution in [0.25, 0.3) is 0 Å². The molecule has 1 heterocycles. The first-order valence-corrected chi connectivity index (χ1v) is 22.4. The Kier molecular flexibility index (Phi) is 10.6. The van der Waals surface area contributed by atoms with Crippen LogP contribution in [-0.2, 0) is 5.54 Å². The fourth-order valence-corrected chi connectivity index (χ4v) is 22.5. The molecular formula is C34H43N3O2Sn. The number of hydrogen-bond donors (Lipinski definition) is 0. The molecule has 6 heteroatoms. The summed E-state index contributed by atoms with van der Waals surface area (Å²) in [5, 5.41) is 17.8. The Bertz CT molecular complexity index is 1220. The molecule has 5 nitrogen and oxygen atoms in total. The van der Waals surface area contributed by atoms with Gasteiger partial charge in [-0.2, -0.15) is 0 Å². The summed E-state index contributed by atoms with van der Waals surface area (Å²) < 4.78 is 6.39. The van der Waals surface area contributed by atoms with Gasteiger partial charge in [0.2, 0.25) is 0 Å². The molecule has 0 N–H and O–H groups in total. The van der Waals surface area contributed by atoms with E-state index < -0.39 is 23.9 Å². The average molecular weight is 644 g/mol. The van der Waals surface area contributed by atoms with Crippen LogP contribution in [0.2, 0.25) is 13.3 Å². The summed E-state index contributed by atoms with van der Waals surface area (Å²) in [6, 6.07) is 31.0. The molecule has 0 atom stereocenters. The van der Waals surface area contributed by atoms with Crippen molar-refractivity contribution in [2.75, 3.05) is 0 Å². The standard InChI is InChI=1S/C22H16N3O2.3C4H9.Sn/c26-25(27)21-16-17-24(23-21)22(18-10-4-1-5-11-18,19-12-6-2-7-13-19)20-14-8-3-9-15-20;3*1-3-4-2;/h1-15,17H;3*1,3-4H2,2H3;. The van der Waals surface area contributed by atoms with Gasteiger partial charge in [0.05, 0.1) is 0 Å². The SMILES string of the molecule is CCC[CH2][Sn]([CH2]CCC)([CH2]CCC)[c]1cn(C(c2ccccc2)(c2ccccc2)c2ccccc2)nc1[N+](=O)[O-]. The second-order valence-corrected chi connectivity index (χ2v) is 24.1. The molecule has 1 aromatic heterocycles. The second-order valence-electron chi connectivity index (χ2n) is 11.0. The van der Waals surface area contributed by atoms with Gasteiger partial charge in [-0.1, -0.05) is 0 Å². The molecule has 0 fully saturated rings. The van der Waals surface area contributed by atoms with E-state index in [4.69, 9.17) is 5.10 Å². The Hall–Kier alpha value is -2.93. The molecule has 0 amide bonds. The normalized spacial score (nSPS) is 12.0. The van der Waals surface area contributed by atoms with Crippen molar-refractivity contribution in [3.8, 4) is 0 Å². The van der Waals surface area contributed by atoms with Crippen LogP contribution in [0.3, 0.4) is 0 Å². The molecule has 0 spiro atoms. The molecule has 0 saturated heterocycles. The van der Waals surface area contributed by atoms with Gasteiger partial charge in [0.15, 0.2) is 0 Å². The zero-order chi connectivity index (χ0) is 28.4. The van der Waals surface area contributed by atoms with E-state index in [0.717, 1.165) is 72.1 Å². The van der Waals surface area contributed by atoms with Crippen LogP contribution in [0.4, 0.5) is 5.82 Å². The van der Waals surface area contributed by atoms with Crippen molar-refractivity contribution in [1.82, 2.24) is 9.78 Å². The van der Waals surface area contributed by atoms with Gasteiger partial charge in [-0.15, -0.1) is 0 Å². The molecule has 0 aliphatic carbocycles. The summed E-state index contributed by atoms with van der Waals surface area (Å²) in [4.78, 5) is 12.6. The third-order valence-electron chi connectivity index (χ3n) is 8.38. The Morgan fingerprint density at radius 1 is 0.700 bits per heavy atom. The van der Waals surface area contributed by atoms with Gasteiger partial charge < -0.3 is 0 Å². The molecule has 0 aliphatic heterocycles. The van der Waals surface area contributed by atoms with E-state index in [-0.39, 0.29) is 10.7 Å². The molecule has 3 aromatic carbocycles. The fraction of sp³-hybridized carbons (Fsp3) is 0.382. The van der Waals surface area contributed by atoms with Gasteiger partial charge >= 0.3 is 245 Å². The number of benzene rings is 3. The second kappa shape index (κ2) is 14.1. The summed E-state index contributed by atoms with van der Waals surface area (Å²) in [6.45, 7) is 6.71. The summed E-state index contributed by atoms with van der Waals surface area (Å²) in [5.74, 6) is 0.0891. The Balaban J connectivity index is 2.09. The third kappa shape index (κ3) is 6.04. The molecule has 4 aromatic rings. The monoisotopic (exact) mass is 645 g/mol. The molecule has 4 rings (SSSR count). The van der Waals surface area contributed by atoms with Crippen LogP contribution in [0.1, 0.15) is 76.0 Å². The number of rotatable bonds is 15. The molecule has 0 aliphatic rings. The predicted octanol–water partition coefficient (Wildman–Crippen LogP) is 8.69. The zero-order valence-corrected chi connectivity index (χ0v) is 27.1. The van der Waals surface area contributed by atoms with Crippen molar-refractivity contribution in [1.29, 1.82) is 0 Å². The van der Waals surface area contributed by atoms with Gasteiger partial charge in [-0.05, 0) is 0 Å². The minimum absolute atomic E-state index is 0.0891. The van der Waals surface area contributed by atoms with E-state index in [1.54, 1.807) is 0 Å². The fourth-order valence-electron chi connectivity index (χ4n) is 6.30. The summed E-state index contributed by atoms with van der Waals surface area (Å²) in [6.07, 6.45) is 8.86. The maximum absolute atomic E-state index is 12.8. The van der Waals surface area contributed by atoms with Gasteiger partial charge in [-0.3, -0.25) is 0 Å². The Morgan fingerprint density at radius 3 is 1.40 bits per heavy atom. The van der Waals surface area contributed by atoms with Crippen LogP contribution in [0, 0.1) is 10.1 Å². The van der Waals surface area contributed by atoms with Crippen LogP contribution in [-0.4, -0.2) is 33.1 Å². The Morgan fingerprint density at radius 2 is 1.07 bits per heavy atom. The van der Waals surface area contributed by atoms with E-state index >= 15 is 0 Å². The van der Waals surface area contributed by atoms with E-state index in [1.807, 2.05) is 59.3 Å². The quantitative estimate of drug-likeness (QED) is 0.0563. The van der Waals surface area contributed by atoms with Crippen LogP contribution >= 0.6 is 0 Å². The summed E-state index contributed by atoms with van der Waals surface area (Å²) in [5.41, 5.74) is 2.26. The van der Waals surface area contributed by atoms with Gasteiger partial charge in [0.25, 0.3) is 0 Å². The van der Waals surface area contributed by atoms with Crippen molar-refractivity contribution in [2.24, 2.45) is 0 Å². The van der Waals surface area contributed by atoms with Crippen molar-refractivity contribution in [2.45, 2.75) is 78.1 Å². The van der Waals surface area contributed by atoms with Crippen LogP contribution in [0.15, 0.2) is 97.2 Å². The predicted molar refractivity (Wildman–Crippen MR) is 168 cm³/mol. The van der Waals surface area contributed by atoms with E-state index in [2.05, 4.69) is 63.4 Å². The van der Waals surface area contributed by atoms with Gasteiger partial charge in [0, 0.05) is 0 Å². The maximum atomic E-state index is 12.8. The minimum atomic E-state index is -3.23. The molecule has 0 bridgehead atoms. The summed E-state index contributed by atoms with van der Waals surface area (Å²) >= 11 is -3.23. The molecule has 0 radical (unpaired) electrons. The van der Waals surface area contributed by atoms with Crippen molar-refractivity contribution < 1.29 is 4.92 Å². The van der Waals surface area contributed by atoms with Crippen LogP contribution in [0.5, 0.6) is 0 Å². The molecule has 40 heavy (non-hydrogen) atoms. The van der Waals surface area contributed by atoms with E-state index in [0.29, 0.717) is 0 Å². The zero-order valence-electron chi connectivity index (χ0n) is 24.3. The molecule has 0 saturated carbocycles. The number of unbranched alkanes of at least 4 members (excludes halogenated alkanes) is 3. The Labute approximate surface area is 243 Å². The average Bonchev–Trinajstić information content (AvgIpc) is 3.46. The molecular weight excluding hydrogens is 601 g/mol. The van der Waals surface area contributed by atoms with Gasteiger partial charge in [-0.25, -0.2) is 0 Å². The third-order valence-corrected chi connectivity index (χ3v) is 23.9. The number of hydrogen-bond acceptors (Lipinski definition) is 3. The first-order valence-electron chi connectivity index (χ1n) is 14.9. The van der Waals surface area contributed by atoms with Crippen molar-refractivity contribution in [3.05, 3.63) is 124 Å². The first kappa shape index (κ1) is 30.0. The van der Waals surface area contributed by atoms with Gasteiger partial charge in [0.1, 0.15) is 0 Å². The van der Waals surface area contributed by atoms with Crippen molar-refractivity contribution in [3.63, 3.8) is 0 Å². The summed E-state index contributed by atoms with van der Waals surface area (Å²) in [7, 11) is 0. The van der Waals surface area contributed by atoms with E-state index in [1.165, 1.54) is 0 Å². The first-order chi connectivity index (χ1) is 19.5. The molecule has 210 valence electrons. The molecule has 0 unspecified atom stereocenters. The number of nitrogens with zero attached hydrogens (tertiary/aromatic N) is 3. The number of aromatic nitrogens is 2. The number of nitro groups is 1.